The second-order valence-electron chi connectivity index (χ2n) is 4.17. The van der Waals surface area contributed by atoms with Crippen LogP contribution in [0.2, 0.25) is 5.22 Å². The lowest BCUT2D eigenvalue weighted by Crippen LogP contribution is -2.33. The zero-order chi connectivity index (χ0) is 10.0. The van der Waals surface area contributed by atoms with E-state index in [0.717, 1.165) is 31.4 Å². The maximum atomic E-state index is 10.2. The van der Waals surface area contributed by atoms with Gasteiger partial charge in [-0.1, -0.05) is 19.3 Å². The van der Waals surface area contributed by atoms with Gasteiger partial charge in [-0.2, -0.15) is 0 Å². The first kappa shape index (κ1) is 10.1. The Balaban J connectivity index is 2.01. The van der Waals surface area contributed by atoms with Crippen LogP contribution in [0, 0.1) is 0 Å². The summed E-state index contributed by atoms with van der Waals surface area (Å²) in [6.45, 7) is 0. The van der Waals surface area contributed by atoms with Gasteiger partial charge in [0.2, 0.25) is 0 Å². The highest BCUT2D eigenvalue weighted by molar-refractivity contribution is 6.28. The van der Waals surface area contributed by atoms with Gasteiger partial charge < -0.3 is 9.52 Å². The molecule has 2 rings (SSSR count). The molecular weight excluding hydrogens is 200 g/mol. The normalized spacial score (nSPS) is 21.0. The van der Waals surface area contributed by atoms with Crippen LogP contribution in [-0.4, -0.2) is 10.7 Å². The summed E-state index contributed by atoms with van der Waals surface area (Å²) in [5, 5.41) is 10.6. The van der Waals surface area contributed by atoms with Gasteiger partial charge in [0.1, 0.15) is 5.76 Å². The molecule has 1 aliphatic rings. The molecule has 1 heterocycles. The molecule has 0 saturated heterocycles. The molecule has 1 aromatic rings. The van der Waals surface area contributed by atoms with Crippen molar-refractivity contribution in [2.24, 2.45) is 0 Å². The van der Waals surface area contributed by atoms with Crippen molar-refractivity contribution >= 4 is 11.6 Å². The van der Waals surface area contributed by atoms with Gasteiger partial charge in [0.15, 0.2) is 5.22 Å². The predicted octanol–water partition coefficient (Wildman–Crippen LogP) is 3.17. The van der Waals surface area contributed by atoms with E-state index in [-0.39, 0.29) is 0 Å². The second-order valence-corrected chi connectivity index (χ2v) is 4.54. The van der Waals surface area contributed by atoms with Crippen molar-refractivity contribution in [3.05, 3.63) is 23.1 Å². The van der Waals surface area contributed by atoms with Crippen LogP contribution < -0.4 is 0 Å². The van der Waals surface area contributed by atoms with E-state index in [0.29, 0.717) is 11.6 Å². The highest BCUT2D eigenvalue weighted by Crippen LogP contribution is 2.31. The van der Waals surface area contributed by atoms with E-state index >= 15 is 0 Å². The van der Waals surface area contributed by atoms with Crippen LogP contribution in [0.4, 0.5) is 0 Å². The van der Waals surface area contributed by atoms with Gasteiger partial charge in [0.25, 0.3) is 0 Å². The van der Waals surface area contributed by atoms with Crippen molar-refractivity contribution in [1.29, 1.82) is 0 Å². The third-order valence-corrected chi connectivity index (χ3v) is 3.12. The van der Waals surface area contributed by atoms with Crippen molar-refractivity contribution in [1.82, 2.24) is 0 Å². The summed E-state index contributed by atoms with van der Waals surface area (Å²) in [6, 6.07) is 3.57. The Labute approximate surface area is 88.9 Å². The minimum atomic E-state index is -0.556. The molecule has 0 unspecified atom stereocenters. The highest BCUT2D eigenvalue weighted by atomic mass is 35.5. The molecule has 2 nitrogen and oxygen atoms in total. The van der Waals surface area contributed by atoms with Gasteiger partial charge in [-0.05, 0) is 36.6 Å². The van der Waals surface area contributed by atoms with Crippen LogP contribution in [-0.2, 0) is 6.42 Å². The first-order chi connectivity index (χ1) is 6.68. The maximum absolute atomic E-state index is 10.2. The SMILES string of the molecule is OC1(Cc2ccc(Cl)o2)CCCCC1. The van der Waals surface area contributed by atoms with Crippen molar-refractivity contribution < 1.29 is 9.52 Å². The monoisotopic (exact) mass is 214 g/mol. The molecule has 14 heavy (non-hydrogen) atoms. The van der Waals surface area contributed by atoms with E-state index in [4.69, 9.17) is 16.0 Å². The number of furan rings is 1. The minimum Gasteiger partial charge on any atom is -0.450 e. The Morgan fingerprint density at radius 1 is 1.29 bits per heavy atom. The van der Waals surface area contributed by atoms with Crippen LogP contribution in [0.3, 0.4) is 0 Å². The molecule has 0 spiro atoms. The summed E-state index contributed by atoms with van der Waals surface area (Å²) in [4.78, 5) is 0. The number of aliphatic hydroxyl groups is 1. The lowest BCUT2D eigenvalue weighted by Gasteiger charge is -2.31. The van der Waals surface area contributed by atoms with Gasteiger partial charge in [-0.3, -0.25) is 0 Å². The van der Waals surface area contributed by atoms with Gasteiger partial charge in [0, 0.05) is 6.42 Å². The van der Waals surface area contributed by atoms with E-state index in [9.17, 15) is 5.11 Å². The summed E-state index contributed by atoms with van der Waals surface area (Å²) >= 11 is 5.68. The van der Waals surface area contributed by atoms with Crippen LogP contribution in [0.15, 0.2) is 16.5 Å². The molecule has 1 saturated carbocycles. The molecule has 0 radical (unpaired) electrons. The zero-order valence-corrected chi connectivity index (χ0v) is 8.89. The van der Waals surface area contributed by atoms with Crippen LogP contribution in [0.25, 0.3) is 0 Å². The molecule has 78 valence electrons. The Morgan fingerprint density at radius 2 is 2.00 bits per heavy atom. The standard InChI is InChI=1S/C11H15ClO2/c12-10-5-4-9(14-10)8-11(13)6-2-1-3-7-11/h4-5,13H,1-3,6-8H2. The Kier molecular flexibility index (Phi) is 2.84. The van der Waals surface area contributed by atoms with Gasteiger partial charge >= 0.3 is 0 Å². The van der Waals surface area contributed by atoms with Crippen molar-refractivity contribution in [2.45, 2.75) is 44.1 Å². The fourth-order valence-corrected chi connectivity index (χ4v) is 2.32. The Morgan fingerprint density at radius 3 is 2.57 bits per heavy atom. The summed E-state index contributed by atoms with van der Waals surface area (Å²) in [6.07, 6.45) is 5.83. The first-order valence-electron chi connectivity index (χ1n) is 5.15. The molecule has 1 aromatic heterocycles. The van der Waals surface area contributed by atoms with E-state index in [1.165, 1.54) is 6.42 Å². The molecular formula is C11H15ClO2. The number of rotatable bonds is 2. The first-order valence-corrected chi connectivity index (χ1v) is 5.52. The lowest BCUT2D eigenvalue weighted by atomic mass is 9.82. The Bertz CT molecular complexity index is 300. The summed E-state index contributed by atoms with van der Waals surface area (Å²) in [7, 11) is 0. The third kappa shape index (κ3) is 2.31. The fourth-order valence-electron chi connectivity index (χ4n) is 2.16. The summed E-state index contributed by atoms with van der Waals surface area (Å²) in [5.41, 5.74) is -0.556. The highest BCUT2D eigenvalue weighted by Gasteiger charge is 2.30. The lowest BCUT2D eigenvalue weighted by molar-refractivity contribution is 0.000383. The quantitative estimate of drug-likeness (QED) is 0.821. The molecule has 1 N–H and O–H groups in total. The summed E-state index contributed by atoms with van der Waals surface area (Å²) < 4.78 is 5.26. The molecule has 0 atom stereocenters. The van der Waals surface area contributed by atoms with E-state index in [1.54, 1.807) is 6.07 Å². The molecule has 0 bridgehead atoms. The summed E-state index contributed by atoms with van der Waals surface area (Å²) in [5.74, 6) is 0.791. The second kappa shape index (κ2) is 3.95. The van der Waals surface area contributed by atoms with Gasteiger partial charge in [-0.15, -0.1) is 0 Å². The van der Waals surface area contributed by atoms with Crippen molar-refractivity contribution in [2.75, 3.05) is 0 Å². The average molecular weight is 215 g/mol. The van der Waals surface area contributed by atoms with Crippen molar-refractivity contribution in [3.8, 4) is 0 Å². The smallest absolute Gasteiger partial charge is 0.193 e. The molecule has 1 aliphatic carbocycles. The van der Waals surface area contributed by atoms with E-state index in [1.807, 2.05) is 6.07 Å². The zero-order valence-electron chi connectivity index (χ0n) is 8.13. The third-order valence-electron chi connectivity index (χ3n) is 2.92. The molecule has 1 fully saturated rings. The number of hydrogen-bond acceptors (Lipinski definition) is 2. The largest absolute Gasteiger partial charge is 0.450 e. The fraction of sp³-hybridized carbons (Fsp3) is 0.636. The molecule has 3 heteroatoms. The van der Waals surface area contributed by atoms with Gasteiger partial charge in [0.05, 0.1) is 5.60 Å². The van der Waals surface area contributed by atoms with Crippen LogP contribution in [0.1, 0.15) is 37.9 Å². The van der Waals surface area contributed by atoms with E-state index in [2.05, 4.69) is 0 Å². The number of halogens is 1. The number of hydrogen-bond donors (Lipinski definition) is 1. The van der Waals surface area contributed by atoms with Crippen LogP contribution >= 0.6 is 11.6 Å². The maximum Gasteiger partial charge on any atom is 0.193 e. The minimum absolute atomic E-state index is 0.402. The topological polar surface area (TPSA) is 33.4 Å². The molecule has 0 aliphatic heterocycles. The molecule has 0 amide bonds. The molecule has 0 aromatic carbocycles. The van der Waals surface area contributed by atoms with Crippen molar-refractivity contribution in [3.63, 3.8) is 0 Å². The van der Waals surface area contributed by atoms with E-state index < -0.39 is 5.60 Å². The Hall–Kier alpha value is -0.470. The predicted molar refractivity (Wildman–Crippen MR) is 55.5 cm³/mol. The van der Waals surface area contributed by atoms with Crippen LogP contribution in [0.5, 0.6) is 0 Å². The van der Waals surface area contributed by atoms with Gasteiger partial charge in [-0.25, -0.2) is 0 Å². The average Bonchev–Trinajstić information content (AvgIpc) is 2.51.